The molecule has 10 nitrogen and oxygen atoms in total. The number of aromatic nitrogens is 1. The fraction of sp³-hybridized carbons (Fsp3) is 0.343. The number of ether oxygens (including phenoxy) is 6. The quantitative estimate of drug-likeness (QED) is 0.149. The first-order valence-electron chi connectivity index (χ1n) is 14.9. The second kappa shape index (κ2) is 15.7. The Hall–Kier alpha value is -4.99. The maximum absolute atomic E-state index is 13.3. The molecule has 0 radical (unpaired) electrons. The highest BCUT2D eigenvalue weighted by Crippen LogP contribution is 2.37. The summed E-state index contributed by atoms with van der Waals surface area (Å²) in [7, 11) is 4.70. The van der Waals surface area contributed by atoms with Gasteiger partial charge < -0.3 is 33.7 Å². The zero-order valence-corrected chi connectivity index (χ0v) is 26.5. The third-order valence-corrected chi connectivity index (χ3v) is 7.30. The highest BCUT2D eigenvalue weighted by atomic mass is 16.5. The summed E-state index contributed by atoms with van der Waals surface area (Å²) in [6, 6.07) is 16.7. The van der Waals surface area contributed by atoms with E-state index in [1.54, 1.807) is 76.9 Å². The van der Waals surface area contributed by atoms with Crippen LogP contribution in [-0.4, -0.2) is 56.9 Å². The number of fused-ring (bicyclic) bond motifs is 1. The van der Waals surface area contributed by atoms with Crippen molar-refractivity contribution in [2.75, 3.05) is 27.9 Å². The minimum atomic E-state index is -0.915. The van der Waals surface area contributed by atoms with Gasteiger partial charge in [0.05, 0.1) is 39.6 Å². The molecule has 1 heterocycles. The zero-order chi connectivity index (χ0) is 32.3. The maximum atomic E-state index is 13.3. The van der Waals surface area contributed by atoms with Crippen molar-refractivity contribution in [1.29, 1.82) is 0 Å². The molecule has 4 rings (SSSR count). The first-order valence-corrected chi connectivity index (χ1v) is 14.9. The van der Waals surface area contributed by atoms with Gasteiger partial charge in [0.1, 0.15) is 17.5 Å². The van der Waals surface area contributed by atoms with Crippen LogP contribution in [0.15, 0.2) is 66.9 Å². The summed E-state index contributed by atoms with van der Waals surface area (Å²) in [4.78, 5) is 30.6. The van der Waals surface area contributed by atoms with Crippen molar-refractivity contribution < 1.29 is 38.0 Å². The number of benzene rings is 3. The Bertz CT molecular complexity index is 1600. The van der Waals surface area contributed by atoms with E-state index in [1.807, 2.05) is 32.0 Å². The Morgan fingerprint density at radius 3 is 2.11 bits per heavy atom. The normalized spacial score (nSPS) is 11.5. The third-order valence-electron chi connectivity index (χ3n) is 7.30. The summed E-state index contributed by atoms with van der Waals surface area (Å²) in [5.74, 6) is 2.36. The molecule has 0 aliphatic heterocycles. The maximum Gasteiger partial charge on any atom is 0.328 e. The molecule has 1 amide bonds. The van der Waals surface area contributed by atoms with E-state index in [4.69, 9.17) is 28.4 Å². The first kappa shape index (κ1) is 32.9. The van der Waals surface area contributed by atoms with Gasteiger partial charge in [-0.15, -0.1) is 0 Å². The number of carbonyl (C=O) groups is 2. The largest absolute Gasteiger partial charge is 0.493 e. The van der Waals surface area contributed by atoms with Gasteiger partial charge in [-0.3, -0.25) is 9.78 Å². The van der Waals surface area contributed by atoms with Gasteiger partial charge in [0.15, 0.2) is 23.0 Å². The van der Waals surface area contributed by atoms with Crippen LogP contribution in [0.2, 0.25) is 0 Å². The summed E-state index contributed by atoms with van der Waals surface area (Å²) < 4.78 is 33.8. The standard InChI is InChI=1S/C35H40N2O8/c1-7-24(8-2)44-33-19-23(12-15-30(33)40-4)34(38)37-28(35(39)43-9-3)18-22-10-13-25(14-11-22)45-29-16-17-36-27-21-32(42-6)31(41-5)20-26(27)29/h10-17,19-21,24,28H,7-9,18H2,1-6H3,(H,37,38). The lowest BCUT2D eigenvalue weighted by molar-refractivity contribution is -0.145. The van der Waals surface area contributed by atoms with Crippen LogP contribution in [0.3, 0.4) is 0 Å². The molecule has 0 aliphatic rings. The Labute approximate surface area is 263 Å². The lowest BCUT2D eigenvalue weighted by Crippen LogP contribution is -2.43. The van der Waals surface area contributed by atoms with Gasteiger partial charge in [0, 0.05) is 29.6 Å². The van der Waals surface area contributed by atoms with Crippen molar-refractivity contribution in [2.45, 2.75) is 52.2 Å². The molecule has 0 bridgehead atoms. The van der Waals surface area contributed by atoms with E-state index in [-0.39, 0.29) is 19.1 Å². The average molecular weight is 617 g/mol. The zero-order valence-electron chi connectivity index (χ0n) is 26.5. The van der Waals surface area contributed by atoms with Gasteiger partial charge in [-0.25, -0.2) is 4.79 Å². The van der Waals surface area contributed by atoms with Crippen molar-refractivity contribution in [2.24, 2.45) is 0 Å². The lowest BCUT2D eigenvalue weighted by atomic mass is 10.0. The smallest absolute Gasteiger partial charge is 0.328 e. The van der Waals surface area contributed by atoms with Crippen LogP contribution in [0.1, 0.15) is 49.5 Å². The van der Waals surface area contributed by atoms with Crippen LogP contribution in [0.5, 0.6) is 34.5 Å². The van der Waals surface area contributed by atoms with Crippen LogP contribution in [0.4, 0.5) is 0 Å². The summed E-state index contributed by atoms with van der Waals surface area (Å²) in [6.07, 6.45) is 3.49. The van der Waals surface area contributed by atoms with Crippen molar-refractivity contribution in [3.8, 4) is 34.5 Å². The third kappa shape index (κ3) is 8.14. The average Bonchev–Trinajstić information content (AvgIpc) is 3.07. The molecule has 0 fully saturated rings. The van der Waals surface area contributed by atoms with Crippen LogP contribution in [-0.2, 0) is 16.0 Å². The summed E-state index contributed by atoms with van der Waals surface area (Å²) in [6.45, 7) is 5.98. The number of hydrogen-bond donors (Lipinski definition) is 1. The van der Waals surface area contributed by atoms with Crippen molar-refractivity contribution in [3.05, 3.63) is 78.0 Å². The molecule has 0 saturated carbocycles. The predicted molar refractivity (Wildman–Crippen MR) is 171 cm³/mol. The number of rotatable bonds is 15. The Balaban J connectivity index is 1.51. The number of hydrogen-bond acceptors (Lipinski definition) is 9. The molecule has 0 aliphatic carbocycles. The van der Waals surface area contributed by atoms with E-state index in [1.165, 1.54) is 0 Å². The second-order valence-electron chi connectivity index (χ2n) is 10.2. The van der Waals surface area contributed by atoms with Crippen molar-refractivity contribution in [1.82, 2.24) is 10.3 Å². The molecule has 3 aromatic carbocycles. The minimum Gasteiger partial charge on any atom is -0.493 e. The van der Waals surface area contributed by atoms with Crippen molar-refractivity contribution >= 4 is 22.8 Å². The van der Waals surface area contributed by atoms with Gasteiger partial charge in [-0.1, -0.05) is 26.0 Å². The van der Waals surface area contributed by atoms with E-state index in [0.29, 0.717) is 45.6 Å². The number of carbonyl (C=O) groups excluding carboxylic acids is 2. The molecule has 1 unspecified atom stereocenters. The fourth-order valence-corrected chi connectivity index (χ4v) is 4.82. The molecule has 1 atom stereocenters. The van der Waals surface area contributed by atoms with E-state index in [9.17, 15) is 9.59 Å². The molecular weight excluding hydrogens is 576 g/mol. The number of nitrogens with one attached hydrogen (secondary N) is 1. The van der Waals surface area contributed by atoms with Gasteiger partial charge >= 0.3 is 5.97 Å². The fourth-order valence-electron chi connectivity index (χ4n) is 4.82. The molecule has 1 N–H and O–H groups in total. The lowest BCUT2D eigenvalue weighted by Gasteiger charge is -2.20. The van der Waals surface area contributed by atoms with Crippen LogP contribution < -0.4 is 29.0 Å². The van der Waals surface area contributed by atoms with Crippen molar-refractivity contribution in [3.63, 3.8) is 0 Å². The number of nitrogens with zero attached hydrogens (tertiary/aromatic N) is 1. The molecule has 4 aromatic rings. The summed E-state index contributed by atoms with van der Waals surface area (Å²) in [5, 5.41) is 3.60. The summed E-state index contributed by atoms with van der Waals surface area (Å²) >= 11 is 0. The molecule has 45 heavy (non-hydrogen) atoms. The SMILES string of the molecule is CCOC(=O)C(Cc1ccc(Oc2ccnc3cc(OC)c(OC)cc23)cc1)NC(=O)c1ccc(OC)c(OC(CC)CC)c1. The monoisotopic (exact) mass is 616 g/mol. The van der Waals surface area contributed by atoms with E-state index in [0.717, 1.165) is 23.8 Å². The van der Waals surface area contributed by atoms with Gasteiger partial charge in [-0.2, -0.15) is 0 Å². The number of amides is 1. The van der Waals surface area contributed by atoms with Crippen LogP contribution in [0, 0.1) is 0 Å². The topological polar surface area (TPSA) is 114 Å². The molecule has 0 saturated heterocycles. The summed E-state index contributed by atoms with van der Waals surface area (Å²) in [5.41, 5.74) is 1.84. The molecule has 1 aromatic heterocycles. The van der Waals surface area contributed by atoms with Gasteiger partial charge in [-0.05, 0) is 67.8 Å². The highest BCUT2D eigenvalue weighted by Gasteiger charge is 2.24. The second-order valence-corrected chi connectivity index (χ2v) is 10.2. The van der Waals surface area contributed by atoms with Gasteiger partial charge in [0.25, 0.3) is 5.91 Å². The number of esters is 1. The molecule has 0 spiro atoms. The van der Waals surface area contributed by atoms with Gasteiger partial charge in [0.2, 0.25) is 0 Å². The molecule has 10 heteroatoms. The number of pyridine rings is 1. The number of methoxy groups -OCH3 is 3. The predicted octanol–water partition coefficient (Wildman–Crippen LogP) is 6.52. The Morgan fingerprint density at radius 1 is 0.778 bits per heavy atom. The Morgan fingerprint density at radius 2 is 1.47 bits per heavy atom. The van der Waals surface area contributed by atoms with E-state index >= 15 is 0 Å². The van der Waals surface area contributed by atoms with E-state index < -0.39 is 17.9 Å². The minimum absolute atomic E-state index is 0.0138. The molecular formula is C35H40N2O8. The Kier molecular flexibility index (Phi) is 11.4. The van der Waals surface area contributed by atoms with Crippen LogP contribution >= 0.6 is 0 Å². The highest BCUT2D eigenvalue weighted by molar-refractivity contribution is 5.97. The van der Waals surface area contributed by atoms with E-state index in [2.05, 4.69) is 10.3 Å². The van der Waals surface area contributed by atoms with Crippen LogP contribution in [0.25, 0.3) is 10.9 Å². The first-order chi connectivity index (χ1) is 21.8. The molecule has 238 valence electrons.